The number of amides is 4. The minimum atomic E-state index is -0.926. The minimum absolute atomic E-state index is 0.0378. The molecule has 2 heterocycles. The number of nitrogens with zero attached hydrogens (tertiary/aromatic N) is 1. The summed E-state index contributed by atoms with van der Waals surface area (Å²) in [5, 5.41) is 5.38. The van der Waals surface area contributed by atoms with E-state index in [-0.39, 0.29) is 17.7 Å². The Kier molecular flexibility index (Phi) is 7.05. The maximum absolute atomic E-state index is 13.1. The topological polar surface area (TPSA) is 97.0 Å². The first kappa shape index (κ1) is 23.6. The number of imide groups is 1. The Morgan fingerprint density at radius 3 is 2.35 bits per heavy atom. The second kappa shape index (κ2) is 10.2. The molecule has 2 aliphatic heterocycles. The fourth-order valence-corrected chi connectivity index (χ4v) is 5.12. The third-order valence-corrected chi connectivity index (χ3v) is 6.96. The van der Waals surface area contributed by atoms with Gasteiger partial charge >= 0.3 is 6.03 Å². The molecule has 2 aromatic carbocycles. The van der Waals surface area contributed by atoms with Gasteiger partial charge < -0.3 is 19.7 Å². The van der Waals surface area contributed by atoms with Crippen molar-refractivity contribution < 1.29 is 23.9 Å². The first-order valence-electron chi connectivity index (χ1n) is 11.7. The van der Waals surface area contributed by atoms with Crippen LogP contribution in [0.3, 0.4) is 0 Å². The second-order valence-electron chi connectivity index (χ2n) is 8.85. The summed E-state index contributed by atoms with van der Waals surface area (Å²) in [5.74, 6) is 0.695. The number of aryl methyl sites for hydroxylation is 1. The highest BCUT2D eigenvalue weighted by atomic mass is 16.5. The molecule has 8 heteroatoms. The highest BCUT2D eigenvalue weighted by molar-refractivity contribution is 6.07. The van der Waals surface area contributed by atoms with Gasteiger partial charge in [0, 0.05) is 18.7 Å². The zero-order chi connectivity index (χ0) is 24.1. The van der Waals surface area contributed by atoms with E-state index in [1.165, 1.54) is 12.7 Å². The molecule has 4 rings (SSSR count). The van der Waals surface area contributed by atoms with Gasteiger partial charge in [0.05, 0.1) is 14.2 Å². The van der Waals surface area contributed by atoms with E-state index < -0.39 is 11.6 Å². The highest BCUT2D eigenvalue weighted by Crippen LogP contribution is 2.36. The molecule has 0 bridgehead atoms. The molecule has 1 unspecified atom stereocenters. The largest absolute Gasteiger partial charge is 0.493 e. The van der Waals surface area contributed by atoms with Crippen molar-refractivity contribution in [3.05, 3.63) is 59.7 Å². The summed E-state index contributed by atoms with van der Waals surface area (Å²) in [6.45, 7) is 1.03. The van der Waals surface area contributed by atoms with E-state index in [1.54, 1.807) is 30.2 Å². The van der Waals surface area contributed by atoms with Crippen LogP contribution in [0.15, 0.2) is 48.5 Å². The van der Waals surface area contributed by atoms with Crippen LogP contribution in [0.25, 0.3) is 0 Å². The summed E-state index contributed by atoms with van der Waals surface area (Å²) < 4.78 is 10.6. The van der Waals surface area contributed by atoms with Gasteiger partial charge in [-0.1, -0.05) is 30.3 Å². The number of ether oxygens (including phenoxy) is 2. The minimum Gasteiger partial charge on any atom is -0.493 e. The highest BCUT2D eigenvalue weighted by Gasteiger charge is 2.51. The molecule has 0 aromatic heterocycles. The number of urea groups is 1. The molecule has 2 N–H and O–H groups in total. The summed E-state index contributed by atoms with van der Waals surface area (Å²) in [4.78, 5) is 39.9. The van der Waals surface area contributed by atoms with Crippen molar-refractivity contribution in [1.82, 2.24) is 15.5 Å². The van der Waals surface area contributed by atoms with Gasteiger partial charge in [0.2, 0.25) is 0 Å². The van der Waals surface area contributed by atoms with E-state index in [0.29, 0.717) is 49.4 Å². The van der Waals surface area contributed by atoms with E-state index in [2.05, 4.69) is 22.8 Å². The van der Waals surface area contributed by atoms with Crippen LogP contribution in [0.4, 0.5) is 4.79 Å². The number of carbonyl (C=O) groups excluding carboxylic acids is 3. The molecular formula is C26H31N3O5. The lowest BCUT2D eigenvalue weighted by Gasteiger charge is -2.40. The van der Waals surface area contributed by atoms with Crippen LogP contribution in [0, 0.1) is 5.92 Å². The lowest BCUT2D eigenvalue weighted by atomic mass is 9.74. The molecule has 34 heavy (non-hydrogen) atoms. The quantitative estimate of drug-likeness (QED) is 0.584. The second-order valence-corrected chi connectivity index (χ2v) is 8.85. The predicted molar refractivity (Wildman–Crippen MR) is 127 cm³/mol. The van der Waals surface area contributed by atoms with Crippen LogP contribution >= 0.6 is 0 Å². The SMILES string of the molecule is COc1ccc(C(=O)N2CCC(C3(CCCc4ccccc4)NC(=O)NC3=O)CC2)cc1OC. The normalized spacial score (nSPS) is 20.6. The van der Waals surface area contributed by atoms with Crippen LogP contribution in [0.2, 0.25) is 0 Å². The molecule has 2 fully saturated rings. The number of carbonyl (C=O) groups is 3. The number of methoxy groups -OCH3 is 2. The van der Waals surface area contributed by atoms with Crippen LogP contribution in [-0.2, 0) is 11.2 Å². The molecule has 0 radical (unpaired) electrons. The summed E-state index contributed by atoms with van der Waals surface area (Å²) >= 11 is 0. The van der Waals surface area contributed by atoms with Gasteiger partial charge in [0.1, 0.15) is 5.54 Å². The Morgan fingerprint density at radius 1 is 1.03 bits per heavy atom. The summed E-state index contributed by atoms with van der Waals surface area (Å²) in [6, 6.07) is 14.8. The predicted octanol–water partition coefficient (Wildman–Crippen LogP) is 3.16. The van der Waals surface area contributed by atoms with Crippen LogP contribution in [0.1, 0.15) is 41.6 Å². The Labute approximate surface area is 199 Å². The zero-order valence-corrected chi connectivity index (χ0v) is 19.6. The molecule has 4 amide bonds. The molecule has 0 saturated carbocycles. The lowest BCUT2D eigenvalue weighted by Crippen LogP contribution is -2.56. The number of piperidine rings is 1. The Hall–Kier alpha value is -3.55. The third kappa shape index (κ3) is 4.71. The van der Waals surface area contributed by atoms with Crippen molar-refractivity contribution in [2.24, 2.45) is 5.92 Å². The molecule has 2 saturated heterocycles. The van der Waals surface area contributed by atoms with Gasteiger partial charge in [-0.3, -0.25) is 14.9 Å². The Bertz CT molecular complexity index is 1050. The Balaban J connectivity index is 1.42. The molecule has 1 atom stereocenters. The molecule has 0 spiro atoms. The number of nitrogens with one attached hydrogen (secondary N) is 2. The fraction of sp³-hybridized carbons (Fsp3) is 0.423. The van der Waals surface area contributed by atoms with Gasteiger partial charge in [-0.2, -0.15) is 0 Å². The van der Waals surface area contributed by atoms with Crippen molar-refractivity contribution in [1.29, 1.82) is 0 Å². The van der Waals surface area contributed by atoms with E-state index in [0.717, 1.165) is 12.8 Å². The van der Waals surface area contributed by atoms with E-state index in [9.17, 15) is 14.4 Å². The van der Waals surface area contributed by atoms with Gasteiger partial charge in [0.25, 0.3) is 11.8 Å². The van der Waals surface area contributed by atoms with Crippen LogP contribution < -0.4 is 20.1 Å². The van der Waals surface area contributed by atoms with Crippen molar-refractivity contribution in [3.8, 4) is 11.5 Å². The van der Waals surface area contributed by atoms with Gasteiger partial charge in [-0.25, -0.2) is 4.79 Å². The van der Waals surface area contributed by atoms with Gasteiger partial charge in [0.15, 0.2) is 11.5 Å². The molecule has 0 aliphatic carbocycles. The maximum Gasteiger partial charge on any atom is 0.322 e. The van der Waals surface area contributed by atoms with Crippen molar-refractivity contribution >= 4 is 17.8 Å². The average molecular weight is 466 g/mol. The van der Waals surface area contributed by atoms with Crippen molar-refractivity contribution in [2.45, 2.75) is 37.6 Å². The zero-order valence-electron chi connectivity index (χ0n) is 19.6. The molecule has 180 valence electrons. The maximum atomic E-state index is 13.1. The third-order valence-electron chi connectivity index (χ3n) is 6.96. The average Bonchev–Trinajstić information content (AvgIpc) is 3.17. The lowest BCUT2D eigenvalue weighted by molar-refractivity contribution is -0.127. The summed E-state index contributed by atoms with van der Waals surface area (Å²) in [5.41, 5.74) is 0.808. The number of hydrogen-bond acceptors (Lipinski definition) is 5. The van der Waals surface area contributed by atoms with Crippen molar-refractivity contribution in [3.63, 3.8) is 0 Å². The summed E-state index contributed by atoms with van der Waals surface area (Å²) in [7, 11) is 3.09. The number of likely N-dealkylation sites (tertiary alicyclic amines) is 1. The van der Waals surface area contributed by atoms with E-state index in [1.807, 2.05) is 18.2 Å². The summed E-state index contributed by atoms with van der Waals surface area (Å²) in [6.07, 6.45) is 3.45. The number of rotatable bonds is 8. The first-order valence-corrected chi connectivity index (χ1v) is 11.7. The van der Waals surface area contributed by atoms with E-state index in [4.69, 9.17) is 9.47 Å². The fourth-order valence-electron chi connectivity index (χ4n) is 5.12. The monoisotopic (exact) mass is 465 g/mol. The van der Waals surface area contributed by atoms with Gasteiger partial charge in [-0.05, 0) is 61.8 Å². The smallest absolute Gasteiger partial charge is 0.322 e. The van der Waals surface area contributed by atoms with E-state index >= 15 is 0 Å². The number of benzene rings is 2. The standard InChI is InChI=1S/C26H31N3O5/c1-33-21-11-10-19(17-22(21)34-2)23(30)29-15-12-20(13-16-29)26(24(31)27-25(32)28-26)14-6-9-18-7-4-3-5-8-18/h3-5,7-8,10-11,17,20H,6,9,12-16H2,1-2H3,(H2,27,28,31,32). The number of hydrogen-bond donors (Lipinski definition) is 2. The molecule has 2 aliphatic rings. The van der Waals surface area contributed by atoms with Crippen molar-refractivity contribution in [2.75, 3.05) is 27.3 Å². The molecular weight excluding hydrogens is 434 g/mol. The van der Waals surface area contributed by atoms with Gasteiger partial charge in [-0.15, -0.1) is 0 Å². The Morgan fingerprint density at radius 2 is 1.74 bits per heavy atom. The van der Waals surface area contributed by atoms with Crippen LogP contribution in [-0.4, -0.2) is 55.6 Å². The molecule has 8 nitrogen and oxygen atoms in total. The molecule has 2 aromatic rings. The first-order chi connectivity index (χ1) is 16.5. The van der Waals surface area contributed by atoms with Crippen LogP contribution in [0.5, 0.6) is 11.5 Å².